The van der Waals surface area contributed by atoms with Crippen molar-refractivity contribution < 1.29 is 38.1 Å². The van der Waals surface area contributed by atoms with Gasteiger partial charge in [-0.25, -0.2) is 19.2 Å². The normalized spacial score (nSPS) is 11.2. The number of esters is 4. The van der Waals surface area contributed by atoms with Gasteiger partial charge in [0, 0.05) is 31.7 Å². The molecule has 0 radical (unpaired) electrons. The molecule has 60 heavy (non-hydrogen) atoms. The minimum Gasteiger partial charge on any atom is -0.462 e. The fourth-order valence-electron chi connectivity index (χ4n) is 7.11. The van der Waals surface area contributed by atoms with Gasteiger partial charge >= 0.3 is 23.9 Å². The molecule has 0 amide bonds. The Labute approximate surface area is 366 Å². The third kappa shape index (κ3) is 13.5. The van der Waals surface area contributed by atoms with Crippen LogP contribution in [-0.2, 0) is 31.8 Å². The van der Waals surface area contributed by atoms with E-state index in [4.69, 9.17) is 18.9 Å². The highest BCUT2D eigenvalue weighted by Gasteiger charge is 2.34. The van der Waals surface area contributed by atoms with Crippen LogP contribution in [0.3, 0.4) is 0 Å². The topological polar surface area (TPSA) is 105 Å². The molecule has 2 heterocycles. The molecule has 2 aromatic carbocycles. The summed E-state index contributed by atoms with van der Waals surface area (Å²) in [6, 6.07) is 7.47. The molecule has 0 saturated heterocycles. The van der Waals surface area contributed by atoms with Crippen LogP contribution < -0.4 is 0 Å². The van der Waals surface area contributed by atoms with Crippen LogP contribution in [0.1, 0.15) is 197 Å². The van der Waals surface area contributed by atoms with Gasteiger partial charge in [-0.05, 0) is 97.5 Å². The highest BCUT2D eigenvalue weighted by Crippen LogP contribution is 2.45. The van der Waals surface area contributed by atoms with Crippen LogP contribution in [0.25, 0.3) is 31.7 Å². The summed E-state index contributed by atoms with van der Waals surface area (Å²) in [7, 11) is 0. The van der Waals surface area contributed by atoms with Crippen LogP contribution in [-0.4, -0.2) is 50.3 Å². The standard InChI is InChI=1S/C50H68O8S2/c1-7-13-19-21-23-35-29-41(59-33-35)37-31-39(47(51)55-25-15-9-3)44-43(45(37)49(53)57-27-17-11-5)40(48(52)56-26-16-10-4)32-38(46(44)50(54)58-28-18-12-6)42-30-36(34-60-42)24-22-20-14-8-2/h29-34H,7-28H2,1-6H3. The number of hydrogen-bond donors (Lipinski definition) is 0. The molecule has 0 aliphatic carbocycles. The predicted octanol–water partition coefficient (Wildman–Crippen LogP) is 14.4. The molecule has 0 aliphatic heterocycles. The number of aryl methyl sites for hydroxylation is 2. The second-order valence-electron chi connectivity index (χ2n) is 15.7. The predicted molar refractivity (Wildman–Crippen MR) is 247 cm³/mol. The van der Waals surface area contributed by atoms with Crippen LogP contribution in [0.5, 0.6) is 0 Å². The molecule has 328 valence electrons. The number of fused-ring (bicyclic) bond motifs is 1. The van der Waals surface area contributed by atoms with Gasteiger partial charge in [-0.15, -0.1) is 22.7 Å². The van der Waals surface area contributed by atoms with E-state index < -0.39 is 23.9 Å². The first kappa shape index (κ1) is 48.6. The van der Waals surface area contributed by atoms with Crippen molar-refractivity contribution in [3.8, 4) is 20.9 Å². The molecular weight excluding hydrogens is 793 g/mol. The van der Waals surface area contributed by atoms with Crippen molar-refractivity contribution in [3.63, 3.8) is 0 Å². The van der Waals surface area contributed by atoms with E-state index in [9.17, 15) is 19.2 Å². The Morgan fingerprint density at radius 1 is 0.417 bits per heavy atom. The van der Waals surface area contributed by atoms with Crippen molar-refractivity contribution in [1.82, 2.24) is 0 Å². The number of carbonyl (C=O) groups is 4. The Kier molecular flexibility index (Phi) is 21.4. The van der Waals surface area contributed by atoms with Gasteiger partial charge < -0.3 is 18.9 Å². The lowest BCUT2D eigenvalue weighted by atomic mass is 9.85. The summed E-state index contributed by atoms with van der Waals surface area (Å²) in [5, 5.41) is 4.46. The first-order valence-electron chi connectivity index (χ1n) is 22.8. The van der Waals surface area contributed by atoms with Crippen molar-refractivity contribution in [2.75, 3.05) is 26.4 Å². The Morgan fingerprint density at radius 2 is 0.750 bits per heavy atom. The molecule has 0 fully saturated rings. The van der Waals surface area contributed by atoms with Crippen molar-refractivity contribution in [3.05, 3.63) is 68.4 Å². The molecule has 0 unspecified atom stereocenters. The quantitative estimate of drug-likeness (QED) is 0.0316. The van der Waals surface area contributed by atoms with Gasteiger partial charge in [0.25, 0.3) is 0 Å². The summed E-state index contributed by atoms with van der Waals surface area (Å²) < 4.78 is 23.8. The van der Waals surface area contributed by atoms with E-state index >= 15 is 0 Å². The Hall–Kier alpha value is -4.02. The van der Waals surface area contributed by atoms with E-state index in [-0.39, 0.29) is 59.5 Å². The maximum Gasteiger partial charge on any atom is 0.339 e. The Morgan fingerprint density at radius 3 is 1.08 bits per heavy atom. The van der Waals surface area contributed by atoms with E-state index in [1.54, 1.807) is 12.1 Å². The molecule has 10 heteroatoms. The second kappa shape index (κ2) is 26.3. The average Bonchev–Trinajstić information content (AvgIpc) is 3.93. The van der Waals surface area contributed by atoms with Gasteiger partial charge in [0.05, 0.1) is 48.7 Å². The van der Waals surface area contributed by atoms with Crippen LogP contribution in [0.2, 0.25) is 0 Å². The molecule has 0 bridgehead atoms. The lowest BCUT2D eigenvalue weighted by Crippen LogP contribution is -2.19. The van der Waals surface area contributed by atoms with E-state index in [0.29, 0.717) is 36.8 Å². The summed E-state index contributed by atoms with van der Waals surface area (Å²) in [6.45, 7) is 13.1. The van der Waals surface area contributed by atoms with Crippen molar-refractivity contribution in [1.29, 1.82) is 0 Å². The van der Waals surface area contributed by atoms with E-state index in [0.717, 1.165) is 111 Å². The summed E-state index contributed by atoms with van der Waals surface area (Å²) >= 11 is 2.96. The second-order valence-corrected chi connectivity index (χ2v) is 17.5. The Balaban J connectivity index is 2.18. The zero-order chi connectivity index (χ0) is 43.3. The average molecular weight is 861 g/mol. The Bertz CT molecular complexity index is 1850. The summed E-state index contributed by atoms with van der Waals surface area (Å²) in [6.07, 6.45) is 16.5. The van der Waals surface area contributed by atoms with E-state index in [1.807, 2.05) is 27.7 Å². The van der Waals surface area contributed by atoms with Crippen molar-refractivity contribution in [2.24, 2.45) is 0 Å². The van der Waals surface area contributed by atoms with Gasteiger partial charge in [-0.2, -0.15) is 0 Å². The molecule has 0 atom stereocenters. The third-order valence-electron chi connectivity index (χ3n) is 10.7. The molecular formula is C50H68O8S2. The van der Waals surface area contributed by atoms with Crippen molar-refractivity contribution >= 4 is 57.3 Å². The molecule has 8 nitrogen and oxygen atoms in total. The first-order valence-corrected chi connectivity index (χ1v) is 24.5. The highest BCUT2D eigenvalue weighted by atomic mass is 32.1. The molecule has 0 saturated carbocycles. The smallest absolute Gasteiger partial charge is 0.339 e. The first-order chi connectivity index (χ1) is 29.2. The van der Waals surface area contributed by atoms with Gasteiger partial charge in [-0.1, -0.05) is 106 Å². The maximum absolute atomic E-state index is 14.7. The molecule has 4 aromatic rings. The van der Waals surface area contributed by atoms with E-state index in [2.05, 4.69) is 36.7 Å². The van der Waals surface area contributed by atoms with Gasteiger partial charge in [-0.3, -0.25) is 0 Å². The summed E-state index contributed by atoms with van der Waals surface area (Å²) in [5.74, 6) is -2.58. The maximum atomic E-state index is 14.7. The van der Waals surface area contributed by atoms with Gasteiger partial charge in [0.2, 0.25) is 0 Å². The van der Waals surface area contributed by atoms with Crippen LogP contribution in [0.4, 0.5) is 0 Å². The van der Waals surface area contributed by atoms with Crippen molar-refractivity contribution in [2.45, 2.75) is 157 Å². The monoisotopic (exact) mass is 860 g/mol. The van der Waals surface area contributed by atoms with Crippen LogP contribution >= 0.6 is 22.7 Å². The number of unbranched alkanes of at least 4 members (excludes halogenated alkanes) is 10. The molecule has 4 rings (SSSR count). The van der Waals surface area contributed by atoms with E-state index in [1.165, 1.54) is 22.7 Å². The zero-order valence-corrected chi connectivity index (χ0v) is 38.7. The van der Waals surface area contributed by atoms with Crippen LogP contribution in [0.15, 0.2) is 35.0 Å². The van der Waals surface area contributed by atoms with Gasteiger partial charge in [0.1, 0.15) is 0 Å². The van der Waals surface area contributed by atoms with Gasteiger partial charge in [0.15, 0.2) is 0 Å². The lowest BCUT2D eigenvalue weighted by molar-refractivity contribution is 0.0479. The number of benzene rings is 2. The minimum absolute atomic E-state index is 0.0855. The fraction of sp³-hybridized carbons (Fsp3) is 0.560. The number of thiophene rings is 2. The van der Waals surface area contributed by atoms with Crippen LogP contribution in [0, 0.1) is 0 Å². The number of rotatable bonds is 28. The molecule has 0 spiro atoms. The highest BCUT2D eigenvalue weighted by molar-refractivity contribution is 7.14. The third-order valence-corrected chi connectivity index (χ3v) is 12.7. The lowest BCUT2D eigenvalue weighted by Gasteiger charge is -2.22. The number of ether oxygens (including phenoxy) is 4. The fourth-order valence-corrected chi connectivity index (χ4v) is 9.06. The summed E-state index contributed by atoms with van der Waals surface area (Å²) in [4.78, 5) is 60.0. The largest absolute Gasteiger partial charge is 0.462 e. The SMILES string of the molecule is CCCCCCc1csc(-c2cc(C(=O)OCCCC)c3c(C(=O)OCCCC)c(-c4cc(CCCCCC)cs4)cc(C(=O)OCCCC)c3c2C(=O)OCCCC)c1. The number of hydrogen-bond acceptors (Lipinski definition) is 10. The minimum atomic E-state index is -0.648. The molecule has 0 aliphatic rings. The molecule has 2 aromatic heterocycles. The molecule has 0 N–H and O–H groups in total. The zero-order valence-electron chi connectivity index (χ0n) is 37.1. The number of carbonyl (C=O) groups excluding carboxylic acids is 4. The summed E-state index contributed by atoms with van der Waals surface area (Å²) in [5.41, 5.74) is 3.55.